The van der Waals surface area contributed by atoms with Crippen molar-refractivity contribution in [3.63, 3.8) is 0 Å². The molecule has 1 amide bonds. The van der Waals surface area contributed by atoms with Gasteiger partial charge >= 0.3 is 0 Å². The first-order chi connectivity index (χ1) is 10.6. The molecule has 0 spiro atoms. The second kappa shape index (κ2) is 6.09. The van der Waals surface area contributed by atoms with Gasteiger partial charge in [-0.3, -0.25) is 4.79 Å². The fourth-order valence-corrected chi connectivity index (χ4v) is 3.43. The summed E-state index contributed by atoms with van der Waals surface area (Å²) in [5.74, 6) is 0.693. The van der Waals surface area contributed by atoms with Crippen molar-refractivity contribution in [1.82, 2.24) is 4.90 Å². The Labute approximate surface area is 132 Å². The molecule has 2 aromatic carbocycles. The highest BCUT2D eigenvalue weighted by atomic mass is 16.2. The Morgan fingerprint density at radius 2 is 1.77 bits per heavy atom. The summed E-state index contributed by atoms with van der Waals surface area (Å²) >= 11 is 0. The highest BCUT2D eigenvalue weighted by Crippen LogP contribution is 2.26. The lowest BCUT2D eigenvalue weighted by Crippen LogP contribution is -2.42. The number of fused-ring (bicyclic) bond motifs is 1. The van der Waals surface area contributed by atoms with Crippen LogP contribution in [0.1, 0.15) is 35.7 Å². The number of likely N-dealkylation sites (tertiary alicyclic amines) is 1. The average Bonchev–Trinajstić information content (AvgIpc) is 2.55. The quantitative estimate of drug-likeness (QED) is 0.924. The van der Waals surface area contributed by atoms with E-state index >= 15 is 0 Å². The Hall–Kier alpha value is -1.87. The molecular formula is C19H24N2O. The monoisotopic (exact) mass is 296 g/mol. The molecule has 0 unspecified atom stereocenters. The first-order valence-corrected chi connectivity index (χ1v) is 8.11. The zero-order valence-electron chi connectivity index (χ0n) is 13.4. The van der Waals surface area contributed by atoms with Crippen molar-refractivity contribution in [3.8, 4) is 0 Å². The average molecular weight is 296 g/mol. The Morgan fingerprint density at radius 1 is 1.14 bits per heavy atom. The fraction of sp³-hybridized carbons (Fsp3) is 0.421. The van der Waals surface area contributed by atoms with Gasteiger partial charge in [-0.1, -0.05) is 30.3 Å². The first-order valence-electron chi connectivity index (χ1n) is 8.11. The van der Waals surface area contributed by atoms with E-state index in [1.54, 1.807) is 0 Å². The van der Waals surface area contributed by atoms with Gasteiger partial charge in [0.2, 0.25) is 0 Å². The number of rotatable bonds is 2. The molecular weight excluding hydrogens is 272 g/mol. The van der Waals surface area contributed by atoms with Crippen LogP contribution in [0.4, 0.5) is 0 Å². The Balaban J connectivity index is 1.86. The van der Waals surface area contributed by atoms with Crippen LogP contribution in [0.5, 0.6) is 0 Å². The molecule has 1 atom stereocenters. The van der Waals surface area contributed by atoms with Gasteiger partial charge in [-0.15, -0.1) is 0 Å². The van der Waals surface area contributed by atoms with E-state index in [1.807, 2.05) is 35.2 Å². The molecule has 0 bridgehead atoms. The normalized spacial score (nSPS) is 17.7. The van der Waals surface area contributed by atoms with Gasteiger partial charge in [0.05, 0.1) is 0 Å². The number of amides is 1. The van der Waals surface area contributed by atoms with E-state index in [-0.39, 0.29) is 11.9 Å². The molecule has 0 radical (unpaired) electrons. The van der Waals surface area contributed by atoms with Crippen molar-refractivity contribution in [1.29, 1.82) is 0 Å². The molecule has 3 rings (SSSR count). The number of nitrogens with zero attached hydrogens (tertiary/aromatic N) is 1. The maximum atomic E-state index is 12.9. The minimum Gasteiger partial charge on any atom is -0.339 e. The van der Waals surface area contributed by atoms with Crippen LogP contribution in [0, 0.1) is 12.8 Å². The summed E-state index contributed by atoms with van der Waals surface area (Å²) in [4.78, 5) is 14.9. The predicted octanol–water partition coefficient (Wildman–Crippen LogP) is 3.35. The van der Waals surface area contributed by atoms with E-state index in [9.17, 15) is 4.79 Å². The van der Waals surface area contributed by atoms with Crippen LogP contribution in [-0.4, -0.2) is 29.9 Å². The molecule has 3 heteroatoms. The largest absolute Gasteiger partial charge is 0.339 e. The van der Waals surface area contributed by atoms with Gasteiger partial charge in [0.1, 0.15) is 0 Å². The zero-order valence-corrected chi connectivity index (χ0v) is 13.4. The minimum atomic E-state index is 0.152. The molecule has 116 valence electrons. The molecule has 2 aromatic rings. The zero-order chi connectivity index (χ0) is 15.7. The van der Waals surface area contributed by atoms with Crippen molar-refractivity contribution >= 4 is 16.7 Å². The standard InChI is InChI=1S/C19H24N2O/c1-13-7-8-18(17-6-4-3-5-16(13)17)19(22)21-11-9-15(10-12-21)14(2)20/h3-8,14-15H,9-12,20H2,1-2H3/t14-/m1/s1. The van der Waals surface area contributed by atoms with E-state index in [4.69, 9.17) is 5.73 Å². The molecule has 22 heavy (non-hydrogen) atoms. The van der Waals surface area contributed by atoms with Gasteiger partial charge in [-0.2, -0.15) is 0 Å². The maximum absolute atomic E-state index is 12.9. The Morgan fingerprint density at radius 3 is 2.41 bits per heavy atom. The van der Waals surface area contributed by atoms with E-state index < -0.39 is 0 Å². The van der Waals surface area contributed by atoms with Crippen molar-refractivity contribution in [2.24, 2.45) is 11.7 Å². The molecule has 1 fully saturated rings. The van der Waals surface area contributed by atoms with Gasteiger partial charge in [-0.25, -0.2) is 0 Å². The number of carbonyl (C=O) groups excluding carboxylic acids is 1. The van der Waals surface area contributed by atoms with E-state index in [0.29, 0.717) is 5.92 Å². The number of aryl methyl sites for hydroxylation is 1. The number of benzene rings is 2. The van der Waals surface area contributed by atoms with Crippen LogP contribution in [0.25, 0.3) is 10.8 Å². The van der Waals surface area contributed by atoms with E-state index in [0.717, 1.165) is 36.9 Å². The van der Waals surface area contributed by atoms with Gasteiger partial charge in [0.25, 0.3) is 5.91 Å². The van der Waals surface area contributed by atoms with E-state index in [1.165, 1.54) is 10.9 Å². The highest BCUT2D eigenvalue weighted by molar-refractivity contribution is 6.07. The number of nitrogens with two attached hydrogens (primary N) is 1. The minimum absolute atomic E-state index is 0.152. The molecule has 3 nitrogen and oxygen atoms in total. The number of hydrogen-bond donors (Lipinski definition) is 1. The van der Waals surface area contributed by atoms with Crippen LogP contribution in [-0.2, 0) is 0 Å². The fourth-order valence-electron chi connectivity index (χ4n) is 3.43. The van der Waals surface area contributed by atoms with Gasteiger partial charge in [-0.05, 0) is 55.0 Å². The summed E-state index contributed by atoms with van der Waals surface area (Å²) in [6.07, 6.45) is 2.01. The third-order valence-electron chi connectivity index (χ3n) is 4.94. The number of hydrogen-bond acceptors (Lipinski definition) is 2. The van der Waals surface area contributed by atoms with Gasteiger partial charge in [0, 0.05) is 24.7 Å². The topological polar surface area (TPSA) is 46.3 Å². The third-order valence-corrected chi connectivity index (χ3v) is 4.94. The summed E-state index contributed by atoms with van der Waals surface area (Å²) in [6, 6.07) is 12.4. The lowest BCUT2D eigenvalue weighted by atomic mass is 9.90. The summed E-state index contributed by atoms with van der Waals surface area (Å²) in [6.45, 7) is 5.78. The number of carbonyl (C=O) groups is 1. The number of piperidine rings is 1. The second-order valence-electron chi connectivity index (χ2n) is 6.46. The summed E-state index contributed by atoms with van der Waals surface area (Å²) in [7, 11) is 0. The van der Waals surface area contributed by atoms with Crippen molar-refractivity contribution in [3.05, 3.63) is 47.5 Å². The van der Waals surface area contributed by atoms with Gasteiger partial charge in [0.15, 0.2) is 0 Å². The van der Waals surface area contributed by atoms with Crippen LogP contribution >= 0.6 is 0 Å². The molecule has 1 saturated heterocycles. The second-order valence-corrected chi connectivity index (χ2v) is 6.46. The summed E-state index contributed by atoms with van der Waals surface area (Å²) in [5, 5.41) is 2.22. The Bertz CT molecular complexity index is 685. The lowest BCUT2D eigenvalue weighted by Gasteiger charge is -2.34. The van der Waals surface area contributed by atoms with Crippen LogP contribution < -0.4 is 5.73 Å². The van der Waals surface area contributed by atoms with E-state index in [2.05, 4.69) is 19.9 Å². The molecule has 0 saturated carbocycles. The Kier molecular flexibility index (Phi) is 4.16. The smallest absolute Gasteiger partial charge is 0.254 e. The van der Waals surface area contributed by atoms with Gasteiger partial charge < -0.3 is 10.6 Å². The van der Waals surface area contributed by atoms with Crippen molar-refractivity contribution in [2.45, 2.75) is 32.7 Å². The molecule has 1 heterocycles. The molecule has 2 N–H and O–H groups in total. The van der Waals surface area contributed by atoms with Crippen LogP contribution in [0.15, 0.2) is 36.4 Å². The lowest BCUT2D eigenvalue weighted by molar-refractivity contribution is 0.0683. The maximum Gasteiger partial charge on any atom is 0.254 e. The SMILES string of the molecule is Cc1ccc(C(=O)N2CCC([C@@H](C)N)CC2)c2ccccc12. The van der Waals surface area contributed by atoms with Crippen molar-refractivity contribution < 1.29 is 4.79 Å². The molecule has 0 aliphatic carbocycles. The highest BCUT2D eigenvalue weighted by Gasteiger charge is 2.26. The van der Waals surface area contributed by atoms with Crippen LogP contribution in [0.2, 0.25) is 0 Å². The van der Waals surface area contributed by atoms with Crippen LogP contribution in [0.3, 0.4) is 0 Å². The molecule has 1 aliphatic heterocycles. The molecule has 1 aliphatic rings. The molecule has 0 aromatic heterocycles. The van der Waals surface area contributed by atoms with Crippen molar-refractivity contribution in [2.75, 3.05) is 13.1 Å². The summed E-state index contributed by atoms with van der Waals surface area (Å²) in [5.41, 5.74) is 8.02. The summed E-state index contributed by atoms with van der Waals surface area (Å²) < 4.78 is 0. The first kappa shape index (κ1) is 15.0. The predicted molar refractivity (Wildman–Crippen MR) is 91.0 cm³/mol. The third kappa shape index (κ3) is 2.73.